The quantitative estimate of drug-likeness (QED) is 0.521. The molecule has 0 radical (unpaired) electrons. The molecule has 0 saturated heterocycles. The summed E-state index contributed by atoms with van der Waals surface area (Å²) in [6, 6.07) is 14.5. The molecule has 0 spiro atoms. The number of rotatable bonds is 6. The molecular formula is C20H21N3O3S. The third-order valence-electron chi connectivity index (χ3n) is 4.22. The summed E-state index contributed by atoms with van der Waals surface area (Å²) in [5.41, 5.74) is 1.12. The van der Waals surface area contributed by atoms with Gasteiger partial charge in [-0.05, 0) is 30.7 Å². The number of fused-ring (bicyclic) bond motifs is 1. The number of aromatic nitrogens is 2. The lowest BCUT2D eigenvalue weighted by Crippen LogP contribution is -2.27. The first kappa shape index (κ1) is 19.0. The Balaban J connectivity index is 1.87. The smallest absolute Gasteiger partial charge is 0.261 e. The number of amides is 1. The van der Waals surface area contributed by atoms with Gasteiger partial charge in [-0.1, -0.05) is 43.0 Å². The molecule has 3 rings (SSSR count). The molecule has 1 amide bonds. The summed E-state index contributed by atoms with van der Waals surface area (Å²) in [5.74, 6) is 0.441. The van der Waals surface area contributed by atoms with Crippen molar-refractivity contribution in [1.82, 2.24) is 9.55 Å². The fourth-order valence-corrected chi connectivity index (χ4v) is 3.69. The first-order valence-electron chi connectivity index (χ1n) is 8.61. The number of para-hydroxylation sites is 3. The molecule has 0 aliphatic carbocycles. The molecule has 1 aromatic heterocycles. The van der Waals surface area contributed by atoms with Crippen molar-refractivity contribution in [2.75, 3.05) is 12.4 Å². The Morgan fingerprint density at radius 3 is 2.67 bits per heavy atom. The van der Waals surface area contributed by atoms with Crippen LogP contribution in [0.1, 0.15) is 13.3 Å². The summed E-state index contributed by atoms with van der Waals surface area (Å²) in [4.78, 5) is 29.9. The second-order valence-electron chi connectivity index (χ2n) is 5.98. The molecule has 1 unspecified atom stereocenters. The van der Waals surface area contributed by atoms with Crippen LogP contribution in [0.25, 0.3) is 10.9 Å². The minimum absolute atomic E-state index is 0.122. The zero-order valence-electron chi connectivity index (χ0n) is 15.4. The molecule has 0 fully saturated rings. The lowest BCUT2D eigenvalue weighted by Gasteiger charge is -2.17. The number of carbonyl (C=O) groups excluding carboxylic acids is 1. The Bertz CT molecular complexity index is 1030. The molecule has 0 bridgehead atoms. The maximum Gasteiger partial charge on any atom is 0.261 e. The molecule has 1 N–H and O–H groups in total. The van der Waals surface area contributed by atoms with Gasteiger partial charge in [0.15, 0.2) is 5.16 Å². The molecule has 27 heavy (non-hydrogen) atoms. The first-order valence-corrected chi connectivity index (χ1v) is 9.49. The molecule has 6 nitrogen and oxygen atoms in total. The van der Waals surface area contributed by atoms with E-state index in [1.165, 1.54) is 16.3 Å². The normalized spacial score (nSPS) is 12.0. The van der Waals surface area contributed by atoms with Crippen LogP contribution in [0.5, 0.6) is 5.75 Å². The van der Waals surface area contributed by atoms with E-state index < -0.39 is 5.25 Å². The van der Waals surface area contributed by atoms with E-state index in [2.05, 4.69) is 10.3 Å². The first-order chi connectivity index (χ1) is 13.0. The van der Waals surface area contributed by atoms with Gasteiger partial charge in [0.25, 0.3) is 5.56 Å². The summed E-state index contributed by atoms with van der Waals surface area (Å²) < 4.78 is 6.77. The van der Waals surface area contributed by atoms with Crippen molar-refractivity contribution in [2.24, 2.45) is 7.05 Å². The zero-order valence-corrected chi connectivity index (χ0v) is 16.2. The van der Waals surface area contributed by atoms with Gasteiger partial charge in [0.05, 0.1) is 29.0 Å². The van der Waals surface area contributed by atoms with Crippen LogP contribution in [0.15, 0.2) is 58.5 Å². The Kier molecular flexibility index (Phi) is 5.81. The molecule has 1 atom stereocenters. The fraction of sp³-hybridized carbons (Fsp3) is 0.250. The van der Waals surface area contributed by atoms with Crippen LogP contribution in [-0.4, -0.2) is 27.8 Å². The van der Waals surface area contributed by atoms with Crippen LogP contribution in [0.4, 0.5) is 5.69 Å². The van der Waals surface area contributed by atoms with Gasteiger partial charge in [-0.25, -0.2) is 4.98 Å². The monoisotopic (exact) mass is 383 g/mol. The van der Waals surface area contributed by atoms with E-state index in [9.17, 15) is 9.59 Å². The maximum atomic E-state index is 12.8. The van der Waals surface area contributed by atoms with E-state index in [4.69, 9.17) is 4.74 Å². The van der Waals surface area contributed by atoms with E-state index in [0.29, 0.717) is 33.9 Å². The fourth-order valence-electron chi connectivity index (χ4n) is 2.71. The molecule has 1 heterocycles. The molecule has 140 valence electrons. The highest BCUT2D eigenvalue weighted by atomic mass is 32.2. The maximum absolute atomic E-state index is 12.8. The number of hydrogen-bond acceptors (Lipinski definition) is 5. The molecule has 0 aliphatic rings. The summed E-state index contributed by atoms with van der Waals surface area (Å²) in [7, 11) is 3.24. The van der Waals surface area contributed by atoms with Crippen molar-refractivity contribution in [3.05, 3.63) is 58.9 Å². The number of nitrogens with one attached hydrogen (secondary N) is 1. The number of thioether (sulfide) groups is 1. The number of anilines is 1. The standard InChI is InChI=1S/C20H21N3O3S/c1-4-17(18(24)21-15-11-7-8-12-16(15)26-3)27-20-22-14-10-6-5-9-13(14)19(25)23(20)2/h5-12,17H,4H2,1-3H3,(H,21,24). The van der Waals surface area contributed by atoms with Gasteiger partial charge in [-0.3, -0.25) is 14.2 Å². The largest absolute Gasteiger partial charge is 0.495 e. The third kappa shape index (κ3) is 3.98. The highest BCUT2D eigenvalue weighted by molar-refractivity contribution is 8.00. The van der Waals surface area contributed by atoms with Gasteiger partial charge in [0, 0.05) is 7.05 Å². The molecule has 0 aliphatic heterocycles. The van der Waals surface area contributed by atoms with E-state index >= 15 is 0 Å². The lowest BCUT2D eigenvalue weighted by molar-refractivity contribution is -0.115. The number of hydrogen-bond donors (Lipinski definition) is 1. The molecule has 2 aromatic carbocycles. The Labute approximate surface area is 161 Å². The van der Waals surface area contributed by atoms with Crippen LogP contribution < -0.4 is 15.6 Å². The molecule has 3 aromatic rings. The topological polar surface area (TPSA) is 73.2 Å². The number of nitrogens with zero attached hydrogens (tertiary/aromatic N) is 2. The van der Waals surface area contributed by atoms with Gasteiger partial charge in [-0.15, -0.1) is 0 Å². The van der Waals surface area contributed by atoms with E-state index in [1.54, 1.807) is 38.4 Å². The Morgan fingerprint density at radius 1 is 1.22 bits per heavy atom. The Morgan fingerprint density at radius 2 is 1.93 bits per heavy atom. The SMILES string of the molecule is CCC(Sc1nc2ccccc2c(=O)n1C)C(=O)Nc1ccccc1OC. The number of ether oxygens (including phenoxy) is 1. The second-order valence-corrected chi connectivity index (χ2v) is 7.15. The van der Waals surface area contributed by atoms with E-state index in [-0.39, 0.29) is 11.5 Å². The number of benzene rings is 2. The summed E-state index contributed by atoms with van der Waals surface area (Å²) in [6.07, 6.45) is 0.592. The third-order valence-corrected chi connectivity index (χ3v) is 5.63. The molecule has 7 heteroatoms. The van der Waals surface area contributed by atoms with E-state index in [1.807, 2.05) is 31.2 Å². The zero-order chi connectivity index (χ0) is 19.4. The van der Waals surface area contributed by atoms with Crippen LogP contribution in [0.2, 0.25) is 0 Å². The van der Waals surface area contributed by atoms with Gasteiger partial charge < -0.3 is 10.1 Å². The van der Waals surface area contributed by atoms with Crippen molar-refractivity contribution in [2.45, 2.75) is 23.8 Å². The van der Waals surface area contributed by atoms with Crippen molar-refractivity contribution in [3.63, 3.8) is 0 Å². The van der Waals surface area contributed by atoms with Crippen molar-refractivity contribution >= 4 is 34.3 Å². The van der Waals surface area contributed by atoms with Gasteiger partial charge in [0.1, 0.15) is 5.75 Å². The van der Waals surface area contributed by atoms with Crippen molar-refractivity contribution in [1.29, 1.82) is 0 Å². The highest BCUT2D eigenvalue weighted by Gasteiger charge is 2.22. The minimum Gasteiger partial charge on any atom is -0.495 e. The van der Waals surface area contributed by atoms with Gasteiger partial charge in [-0.2, -0.15) is 0 Å². The average Bonchev–Trinajstić information content (AvgIpc) is 2.70. The van der Waals surface area contributed by atoms with Gasteiger partial charge >= 0.3 is 0 Å². The van der Waals surface area contributed by atoms with E-state index in [0.717, 1.165) is 0 Å². The minimum atomic E-state index is -0.394. The van der Waals surface area contributed by atoms with Crippen LogP contribution in [0, 0.1) is 0 Å². The molecular weight excluding hydrogens is 362 g/mol. The summed E-state index contributed by atoms with van der Waals surface area (Å²) >= 11 is 1.28. The highest BCUT2D eigenvalue weighted by Crippen LogP contribution is 2.28. The van der Waals surface area contributed by atoms with Crippen LogP contribution in [0.3, 0.4) is 0 Å². The predicted octanol–water partition coefficient (Wildman–Crippen LogP) is 3.45. The average molecular weight is 383 g/mol. The Hall–Kier alpha value is -2.80. The van der Waals surface area contributed by atoms with Crippen molar-refractivity contribution < 1.29 is 9.53 Å². The van der Waals surface area contributed by atoms with Crippen molar-refractivity contribution in [3.8, 4) is 5.75 Å². The van der Waals surface area contributed by atoms with Crippen LogP contribution in [-0.2, 0) is 11.8 Å². The summed E-state index contributed by atoms with van der Waals surface area (Å²) in [6.45, 7) is 1.93. The summed E-state index contributed by atoms with van der Waals surface area (Å²) in [5, 5.41) is 3.59. The number of carbonyl (C=O) groups is 1. The molecule has 0 saturated carbocycles. The number of methoxy groups -OCH3 is 1. The van der Waals surface area contributed by atoms with Gasteiger partial charge in [0.2, 0.25) is 5.91 Å². The van der Waals surface area contributed by atoms with Crippen LogP contribution >= 0.6 is 11.8 Å². The second kappa shape index (κ2) is 8.26. The lowest BCUT2D eigenvalue weighted by atomic mass is 10.2. The predicted molar refractivity (Wildman–Crippen MR) is 109 cm³/mol.